The molecule has 1 spiro atoms. The summed E-state index contributed by atoms with van der Waals surface area (Å²) in [4.78, 5) is 0. The third kappa shape index (κ3) is 2.67. The molecular formula is C16H22ClNO2. The molecule has 0 bridgehead atoms. The minimum absolute atomic E-state index is 0.00201. The minimum atomic E-state index is -0.154. The molecule has 3 nitrogen and oxygen atoms in total. The molecule has 0 amide bonds. The number of ether oxygens (including phenoxy) is 2. The maximum absolute atomic E-state index is 6.36. The molecule has 2 heterocycles. The van der Waals surface area contributed by atoms with Crippen LogP contribution in [-0.2, 0) is 4.74 Å². The third-order valence-electron chi connectivity index (χ3n) is 4.41. The molecule has 1 fully saturated rings. The number of hydrogen-bond acceptors (Lipinski definition) is 3. The lowest BCUT2D eigenvalue weighted by atomic mass is 9.79. The fourth-order valence-corrected chi connectivity index (χ4v) is 3.64. The first-order valence-electron chi connectivity index (χ1n) is 7.47. The molecule has 0 aliphatic carbocycles. The van der Waals surface area contributed by atoms with Crippen LogP contribution in [-0.4, -0.2) is 18.3 Å². The van der Waals surface area contributed by atoms with Crippen LogP contribution in [0.3, 0.4) is 0 Å². The smallest absolute Gasteiger partial charge is 0.125 e. The quantitative estimate of drug-likeness (QED) is 0.901. The summed E-state index contributed by atoms with van der Waals surface area (Å²) in [6, 6.07) is 5.74. The van der Waals surface area contributed by atoms with Crippen molar-refractivity contribution in [2.24, 2.45) is 5.73 Å². The van der Waals surface area contributed by atoms with E-state index in [1.165, 1.54) is 0 Å². The molecule has 3 rings (SSSR count). The summed E-state index contributed by atoms with van der Waals surface area (Å²) in [5.74, 6) is 0.894. The summed E-state index contributed by atoms with van der Waals surface area (Å²) in [5, 5.41) is 0.717. The number of rotatable bonds is 2. The Morgan fingerprint density at radius 2 is 2.25 bits per heavy atom. The Labute approximate surface area is 125 Å². The molecule has 2 aliphatic heterocycles. The van der Waals surface area contributed by atoms with Crippen molar-refractivity contribution in [1.29, 1.82) is 0 Å². The Morgan fingerprint density at radius 3 is 3.05 bits per heavy atom. The lowest BCUT2D eigenvalue weighted by Crippen LogP contribution is -2.49. The van der Waals surface area contributed by atoms with E-state index >= 15 is 0 Å². The fourth-order valence-electron chi connectivity index (χ4n) is 3.46. The van der Waals surface area contributed by atoms with Gasteiger partial charge in [0, 0.05) is 35.9 Å². The van der Waals surface area contributed by atoms with Crippen LogP contribution in [0.25, 0.3) is 0 Å². The van der Waals surface area contributed by atoms with Gasteiger partial charge in [0.25, 0.3) is 0 Å². The van der Waals surface area contributed by atoms with E-state index in [-0.39, 0.29) is 11.6 Å². The van der Waals surface area contributed by atoms with Crippen molar-refractivity contribution in [2.45, 2.75) is 56.8 Å². The van der Waals surface area contributed by atoms with Crippen LogP contribution in [0.1, 0.15) is 50.6 Å². The highest BCUT2D eigenvalue weighted by Crippen LogP contribution is 2.45. The van der Waals surface area contributed by atoms with Crippen molar-refractivity contribution in [3.63, 3.8) is 0 Å². The van der Waals surface area contributed by atoms with Crippen molar-refractivity contribution in [1.82, 2.24) is 0 Å². The highest BCUT2D eigenvalue weighted by molar-refractivity contribution is 6.30. The summed E-state index contributed by atoms with van der Waals surface area (Å²) in [6.45, 7) is 2.95. The predicted molar refractivity (Wildman–Crippen MR) is 80.2 cm³/mol. The van der Waals surface area contributed by atoms with Crippen molar-refractivity contribution in [3.05, 3.63) is 28.8 Å². The first kappa shape index (κ1) is 14.2. The maximum atomic E-state index is 6.36. The van der Waals surface area contributed by atoms with E-state index in [4.69, 9.17) is 26.8 Å². The average Bonchev–Trinajstić information content (AvgIpc) is 2.40. The highest BCUT2D eigenvalue weighted by Gasteiger charge is 2.43. The molecule has 0 aromatic heterocycles. The van der Waals surface area contributed by atoms with Crippen LogP contribution in [0.5, 0.6) is 5.75 Å². The fraction of sp³-hybridized carbons (Fsp3) is 0.625. The number of benzene rings is 1. The van der Waals surface area contributed by atoms with Gasteiger partial charge in [0.2, 0.25) is 0 Å². The average molecular weight is 296 g/mol. The number of nitrogens with two attached hydrogens (primary N) is 1. The zero-order chi connectivity index (χ0) is 14.2. The molecule has 20 heavy (non-hydrogen) atoms. The van der Waals surface area contributed by atoms with E-state index in [1.807, 2.05) is 18.2 Å². The van der Waals surface area contributed by atoms with E-state index in [9.17, 15) is 0 Å². The monoisotopic (exact) mass is 295 g/mol. The van der Waals surface area contributed by atoms with Gasteiger partial charge in [-0.25, -0.2) is 0 Å². The zero-order valence-corrected chi connectivity index (χ0v) is 12.7. The second-order valence-electron chi connectivity index (χ2n) is 6.01. The van der Waals surface area contributed by atoms with Crippen LogP contribution in [0.2, 0.25) is 5.02 Å². The molecule has 1 saturated heterocycles. The van der Waals surface area contributed by atoms with Crippen molar-refractivity contribution < 1.29 is 9.47 Å². The second-order valence-corrected chi connectivity index (χ2v) is 6.45. The molecule has 3 unspecified atom stereocenters. The molecule has 0 saturated carbocycles. The van der Waals surface area contributed by atoms with Gasteiger partial charge in [-0.2, -0.15) is 0 Å². The Balaban J connectivity index is 1.84. The molecule has 4 heteroatoms. The summed E-state index contributed by atoms with van der Waals surface area (Å²) < 4.78 is 12.2. The van der Waals surface area contributed by atoms with E-state index < -0.39 is 0 Å². The van der Waals surface area contributed by atoms with Crippen molar-refractivity contribution in [2.75, 3.05) is 6.61 Å². The number of fused-ring (bicyclic) bond motifs is 1. The first-order chi connectivity index (χ1) is 9.62. The Hall–Kier alpha value is -0.770. The lowest BCUT2D eigenvalue weighted by Gasteiger charge is -2.46. The van der Waals surface area contributed by atoms with Crippen LogP contribution < -0.4 is 10.5 Å². The van der Waals surface area contributed by atoms with E-state index in [1.54, 1.807) is 0 Å². The maximum Gasteiger partial charge on any atom is 0.125 e. The normalized spacial score (nSPS) is 32.8. The van der Waals surface area contributed by atoms with Gasteiger partial charge >= 0.3 is 0 Å². The summed E-state index contributed by atoms with van der Waals surface area (Å²) in [5.41, 5.74) is 7.24. The molecule has 110 valence electrons. The van der Waals surface area contributed by atoms with Gasteiger partial charge in [-0.15, -0.1) is 0 Å². The molecule has 0 radical (unpaired) electrons. The van der Waals surface area contributed by atoms with Crippen LogP contribution in [0.4, 0.5) is 0 Å². The summed E-state index contributed by atoms with van der Waals surface area (Å²) in [7, 11) is 0. The summed E-state index contributed by atoms with van der Waals surface area (Å²) >= 11 is 6.05. The largest absolute Gasteiger partial charge is 0.487 e. The Morgan fingerprint density at radius 1 is 1.40 bits per heavy atom. The highest BCUT2D eigenvalue weighted by atomic mass is 35.5. The SMILES string of the molecule is CCCC1CC2(CCO1)CC(N)c1cc(Cl)ccc1O2. The van der Waals surface area contributed by atoms with Gasteiger partial charge in [0.1, 0.15) is 11.4 Å². The second kappa shape index (κ2) is 5.55. The van der Waals surface area contributed by atoms with E-state index in [2.05, 4.69) is 6.92 Å². The summed E-state index contributed by atoms with van der Waals surface area (Å²) in [6.07, 6.45) is 5.24. The number of halogens is 1. The van der Waals surface area contributed by atoms with Gasteiger partial charge in [0.05, 0.1) is 12.7 Å². The topological polar surface area (TPSA) is 44.5 Å². The standard InChI is InChI=1S/C16H22ClNO2/c1-2-3-12-9-16(6-7-19-12)10-14(18)13-8-11(17)4-5-15(13)20-16/h4-5,8,12,14H,2-3,6-7,9-10,18H2,1H3. The van der Waals surface area contributed by atoms with Crippen LogP contribution >= 0.6 is 11.6 Å². The predicted octanol–water partition coefficient (Wildman–Crippen LogP) is 3.84. The Bertz CT molecular complexity index is 491. The van der Waals surface area contributed by atoms with Gasteiger partial charge in [0.15, 0.2) is 0 Å². The molecule has 2 aliphatic rings. The van der Waals surface area contributed by atoms with Crippen molar-refractivity contribution >= 4 is 11.6 Å². The molecule has 3 atom stereocenters. The van der Waals surface area contributed by atoms with Gasteiger partial charge in [-0.3, -0.25) is 0 Å². The zero-order valence-electron chi connectivity index (χ0n) is 11.9. The Kier molecular flexibility index (Phi) is 3.93. The molecule has 1 aromatic carbocycles. The van der Waals surface area contributed by atoms with Crippen LogP contribution in [0, 0.1) is 0 Å². The van der Waals surface area contributed by atoms with Crippen molar-refractivity contribution in [3.8, 4) is 5.75 Å². The number of hydrogen-bond donors (Lipinski definition) is 1. The van der Waals surface area contributed by atoms with Gasteiger partial charge < -0.3 is 15.2 Å². The molecular weight excluding hydrogens is 274 g/mol. The van der Waals surface area contributed by atoms with Gasteiger partial charge in [-0.1, -0.05) is 24.9 Å². The van der Waals surface area contributed by atoms with Gasteiger partial charge in [-0.05, 0) is 24.6 Å². The third-order valence-corrected chi connectivity index (χ3v) is 4.65. The van der Waals surface area contributed by atoms with Crippen LogP contribution in [0.15, 0.2) is 18.2 Å². The molecule has 2 N–H and O–H groups in total. The minimum Gasteiger partial charge on any atom is -0.487 e. The van der Waals surface area contributed by atoms with E-state index in [0.29, 0.717) is 6.10 Å². The lowest BCUT2D eigenvalue weighted by molar-refractivity contribution is -0.103. The van der Waals surface area contributed by atoms with E-state index in [0.717, 1.165) is 55.0 Å². The molecule has 1 aromatic rings. The first-order valence-corrected chi connectivity index (χ1v) is 7.85.